The van der Waals surface area contributed by atoms with E-state index in [0.29, 0.717) is 5.89 Å². The van der Waals surface area contributed by atoms with Crippen molar-refractivity contribution in [2.75, 3.05) is 0 Å². The summed E-state index contributed by atoms with van der Waals surface area (Å²) in [6.07, 6.45) is 3.27. The van der Waals surface area contributed by atoms with E-state index in [2.05, 4.69) is 28.6 Å². The molecule has 3 aromatic rings. The van der Waals surface area contributed by atoms with Crippen molar-refractivity contribution in [2.24, 2.45) is 0 Å². The van der Waals surface area contributed by atoms with E-state index in [4.69, 9.17) is 4.42 Å². The minimum Gasteiger partial charge on any atom is -0.444 e. The molecule has 0 aliphatic heterocycles. The zero-order valence-corrected chi connectivity index (χ0v) is 9.28. The van der Waals surface area contributed by atoms with Gasteiger partial charge in [0, 0.05) is 5.56 Å². The first-order valence-corrected chi connectivity index (χ1v) is 5.86. The van der Waals surface area contributed by atoms with Crippen LogP contribution in [-0.4, -0.2) is 4.98 Å². The first-order valence-electron chi connectivity index (χ1n) is 4.98. The van der Waals surface area contributed by atoms with Crippen LogP contribution < -0.4 is 0 Å². The molecular weight excluding hydrogens is 218 g/mol. The lowest BCUT2D eigenvalue weighted by atomic mass is 10.1. The molecule has 0 bridgehead atoms. The van der Waals surface area contributed by atoms with Gasteiger partial charge in [0.15, 0.2) is 0 Å². The van der Waals surface area contributed by atoms with Gasteiger partial charge in [0.1, 0.15) is 6.26 Å². The maximum absolute atomic E-state index is 5.34. The fraction of sp³-hybridized carbons (Fsp3) is 0. The molecule has 0 radical (unpaired) electrons. The van der Waals surface area contributed by atoms with Crippen LogP contribution in [0.15, 0.2) is 58.7 Å². The van der Waals surface area contributed by atoms with Gasteiger partial charge >= 0.3 is 0 Å². The molecule has 0 fully saturated rings. The zero-order valence-electron chi connectivity index (χ0n) is 8.46. The number of rotatable bonds is 2. The molecule has 0 atom stereocenters. The van der Waals surface area contributed by atoms with Gasteiger partial charge in [-0.25, -0.2) is 4.98 Å². The highest BCUT2D eigenvalue weighted by Crippen LogP contribution is 2.35. The summed E-state index contributed by atoms with van der Waals surface area (Å²) in [7, 11) is 0. The van der Waals surface area contributed by atoms with Crippen molar-refractivity contribution in [1.29, 1.82) is 0 Å². The minimum atomic E-state index is 0.689. The molecule has 0 spiro atoms. The highest BCUT2D eigenvalue weighted by atomic mass is 32.1. The number of aromatic nitrogens is 1. The Morgan fingerprint density at radius 2 is 1.94 bits per heavy atom. The van der Waals surface area contributed by atoms with Crippen molar-refractivity contribution in [3.8, 4) is 21.9 Å². The van der Waals surface area contributed by atoms with Crippen molar-refractivity contribution in [3.05, 3.63) is 54.2 Å². The third kappa shape index (κ3) is 1.55. The van der Waals surface area contributed by atoms with Crippen molar-refractivity contribution >= 4 is 11.3 Å². The first-order chi connectivity index (χ1) is 7.95. The van der Waals surface area contributed by atoms with Crippen molar-refractivity contribution in [3.63, 3.8) is 0 Å². The topological polar surface area (TPSA) is 26.0 Å². The van der Waals surface area contributed by atoms with Gasteiger partial charge in [-0.2, -0.15) is 0 Å². The second-order valence-electron chi connectivity index (χ2n) is 3.37. The molecule has 16 heavy (non-hydrogen) atoms. The Morgan fingerprint density at radius 3 is 2.69 bits per heavy atom. The van der Waals surface area contributed by atoms with Crippen LogP contribution in [0.25, 0.3) is 21.9 Å². The molecule has 0 amide bonds. The highest BCUT2D eigenvalue weighted by Gasteiger charge is 2.11. The fourth-order valence-electron chi connectivity index (χ4n) is 1.66. The molecule has 0 saturated carbocycles. The van der Waals surface area contributed by atoms with E-state index in [1.807, 2.05) is 18.2 Å². The molecule has 2 aromatic heterocycles. The predicted molar refractivity (Wildman–Crippen MR) is 65.3 cm³/mol. The van der Waals surface area contributed by atoms with Crippen LogP contribution in [-0.2, 0) is 0 Å². The smallest absolute Gasteiger partial charge is 0.236 e. The van der Waals surface area contributed by atoms with Gasteiger partial charge in [0.2, 0.25) is 5.89 Å². The summed E-state index contributed by atoms with van der Waals surface area (Å²) < 4.78 is 5.34. The lowest BCUT2D eigenvalue weighted by molar-refractivity contribution is 0.576. The van der Waals surface area contributed by atoms with Gasteiger partial charge < -0.3 is 4.42 Å². The Balaban J connectivity index is 2.14. The summed E-state index contributed by atoms with van der Waals surface area (Å²) in [5, 5.41) is 2.06. The molecule has 3 heteroatoms. The summed E-state index contributed by atoms with van der Waals surface area (Å²) >= 11 is 1.65. The van der Waals surface area contributed by atoms with Crippen molar-refractivity contribution < 1.29 is 4.42 Å². The Morgan fingerprint density at radius 1 is 1.06 bits per heavy atom. The average molecular weight is 227 g/mol. The number of benzene rings is 1. The van der Waals surface area contributed by atoms with Gasteiger partial charge in [0.05, 0.1) is 11.1 Å². The van der Waals surface area contributed by atoms with E-state index < -0.39 is 0 Å². The van der Waals surface area contributed by atoms with Crippen molar-refractivity contribution in [2.45, 2.75) is 0 Å². The number of hydrogen-bond donors (Lipinski definition) is 0. The van der Waals surface area contributed by atoms with E-state index >= 15 is 0 Å². The fourth-order valence-corrected chi connectivity index (χ4v) is 2.51. The predicted octanol–water partition coefficient (Wildman–Crippen LogP) is 4.07. The quantitative estimate of drug-likeness (QED) is 0.659. The molecule has 3 rings (SSSR count). The number of oxazole rings is 1. The van der Waals surface area contributed by atoms with Crippen LogP contribution in [0, 0.1) is 0 Å². The summed E-state index contributed by atoms with van der Waals surface area (Å²) in [6.45, 7) is 0. The Labute approximate surface area is 97.2 Å². The summed E-state index contributed by atoms with van der Waals surface area (Å²) in [5.41, 5.74) is 2.37. The SMILES string of the molecule is c1ccc(-c2ccsc2-c2ncco2)cc1. The largest absolute Gasteiger partial charge is 0.444 e. The zero-order chi connectivity index (χ0) is 10.8. The van der Waals surface area contributed by atoms with Crippen LogP contribution >= 0.6 is 11.3 Å². The maximum Gasteiger partial charge on any atom is 0.236 e. The third-order valence-corrected chi connectivity index (χ3v) is 3.28. The molecule has 2 heterocycles. The van der Waals surface area contributed by atoms with Crippen LogP contribution in [0.1, 0.15) is 0 Å². The second kappa shape index (κ2) is 3.94. The summed E-state index contributed by atoms with van der Waals surface area (Å²) in [5.74, 6) is 0.689. The lowest BCUT2D eigenvalue weighted by Gasteiger charge is -2.00. The maximum atomic E-state index is 5.34. The van der Waals surface area contributed by atoms with Gasteiger partial charge in [-0.3, -0.25) is 0 Å². The second-order valence-corrected chi connectivity index (χ2v) is 4.28. The summed E-state index contributed by atoms with van der Waals surface area (Å²) in [4.78, 5) is 5.27. The minimum absolute atomic E-state index is 0.689. The van der Waals surface area contributed by atoms with Crippen LogP contribution in [0.3, 0.4) is 0 Å². The van der Waals surface area contributed by atoms with Gasteiger partial charge in [-0.05, 0) is 17.0 Å². The van der Waals surface area contributed by atoms with Crippen LogP contribution in [0.4, 0.5) is 0 Å². The van der Waals surface area contributed by atoms with Crippen molar-refractivity contribution in [1.82, 2.24) is 4.98 Å². The Bertz CT molecular complexity index is 569. The molecule has 78 valence electrons. The van der Waals surface area contributed by atoms with Crippen LogP contribution in [0.5, 0.6) is 0 Å². The van der Waals surface area contributed by atoms with E-state index in [9.17, 15) is 0 Å². The number of thiophene rings is 1. The van der Waals surface area contributed by atoms with E-state index in [1.165, 1.54) is 11.1 Å². The van der Waals surface area contributed by atoms with E-state index in [-0.39, 0.29) is 0 Å². The molecular formula is C13H9NOS. The Hall–Kier alpha value is -1.87. The Kier molecular flexibility index (Phi) is 2.31. The summed E-state index contributed by atoms with van der Waals surface area (Å²) in [6, 6.07) is 12.4. The third-order valence-electron chi connectivity index (χ3n) is 2.38. The van der Waals surface area contributed by atoms with Gasteiger partial charge in [0.25, 0.3) is 0 Å². The molecule has 0 aliphatic carbocycles. The lowest BCUT2D eigenvalue weighted by Crippen LogP contribution is -1.77. The van der Waals surface area contributed by atoms with Gasteiger partial charge in [-0.15, -0.1) is 11.3 Å². The number of hydrogen-bond acceptors (Lipinski definition) is 3. The molecule has 0 N–H and O–H groups in total. The molecule has 2 nitrogen and oxygen atoms in total. The average Bonchev–Trinajstić information content (AvgIpc) is 3.01. The molecule has 0 aliphatic rings. The van der Waals surface area contributed by atoms with E-state index in [0.717, 1.165) is 4.88 Å². The molecule has 0 unspecified atom stereocenters. The van der Waals surface area contributed by atoms with E-state index in [1.54, 1.807) is 23.8 Å². The monoisotopic (exact) mass is 227 g/mol. The highest BCUT2D eigenvalue weighted by molar-refractivity contribution is 7.14. The number of nitrogens with zero attached hydrogens (tertiary/aromatic N) is 1. The normalized spacial score (nSPS) is 10.5. The first kappa shape index (κ1) is 9.36. The molecule has 1 aromatic carbocycles. The van der Waals surface area contributed by atoms with Gasteiger partial charge in [-0.1, -0.05) is 30.3 Å². The molecule has 0 saturated heterocycles. The van der Waals surface area contributed by atoms with Crippen LogP contribution in [0.2, 0.25) is 0 Å². The standard InChI is InChI=1S/C13H9NOS/c1-2-4-10(5-3-1)11-6-9-16-12(11)13-14-7-8-15-13/h1-9H.